The SMILES string of the molecule is Cc1cc(Nc2ncc3c(n2)N(C)CN(c2c(Cl)cccc2Cl)C3=O)ccc1C1CCN(C)CC1. The van der Waals surface area contributed by atoms with Crippen LogP contribution in [0, 0.1) is 6.92 Å². The molecule has 1 aromatic heterocycles. The van der Waals surface area contributed by atoms with E-state index in [2.05, 4.69) is 52.4 Å². The first-order chi connectivity index (χ1) is 16.8. The molecule has 1 saturated heterocycles. The Bertz CT molecular complexity index is 1250. The van der Waals surface area contributed by atoms with E-state index in [-0.39, 0.29) is 12.6 Å². The third-order valence-corrected chi connectivity index (χ3v) is 7.46. The Morgan fingerprint density at radius 3 is 2.46 bits per heavy atom. The van der Waals surface area contributed by atoms with Crippen molar-refractivity contribution in [2.24, 2.45) is 0 Å². The number of para-hydroxylation sites is 1. The fraction of sp³-hybridized carbons (Fsp3) is 0.346. The van der Waals surface area contributed by atoms with Crippen LogP contribution in [0.15, 0.2) is 42.6 Å². The van der Waals surface area contributed by atoms with Gasteiger partial charge in [0.05, 0.1) is 22.4 Å². The van der Waals surface area contributed by atoms with E-state index in [1.165, 1.54) is 24.0 Å². The predicted octanol–water partition coefficient (Wildman–Crippen LogP) is 5.70. The van der Waals surface area contributed by atoms with Gasteiger partial charge >= 0.3 is 0 Å². The number of fused-ring (bicyclic) bond motifs is 1. The molecule has 0 atom stereocenters. The van der Waals surface area contributed by atoms with Gasteiger partial charge in [-0.1, -0.05) is 35.3 Å². The maximum Gasteiger partial charge on any atom is 0.265 e. The van der Waals surface area contributed by atoms with Gasteiger partial charge in [-0.15, -0.1) is 0 Å². The Hall–Kier alpha value is -2.87. The molecule has 0 aliphatic carbocycles. The first kappa shape index (κ1) is 23.9. The standard InChI is InChI=1S/C26H28Cl2N6O/c1-16-13-18(7-8-19(16)17-9-11-32(2)12-10-17)30-26-29-14-20-24(31-26)33(3)15-34(25(20)35)23-21(27)5-4-6-22(23)28/h4-8,13-14,17H,9-12,15H2,1-3H3,(H,29,30,31). The van der Waals surface area contributed by atoms with Gasteiger partial charge in [-0.3, -0.25) is 9.69 Å². The van der Waals surface area contributed by atoms with Crippen molar-refractivity contribution in [3.63, 3.8) is 0 Å². The number of aromatic nitrogens is 2. The van der Waals surface area contributed by atoms with Crippen LogP contribution in [-0.2, 0) is 0 Å². The average molecular weight is 511 g/mol. The molecule has 0 radical (unpaired) electrons. The summed E-state index contributed by atoms with van der Waals surface area (Å²) in [5.41, 5.74) is 4.49. The number of hydrogen-bond donors (Lipinski definition) is 1. The number of likely N-dealkylation sites (tertiary alicyclic amines) is 1. The summed E-state index contributed by atoms with van der Waals surface area (Å²) in [6, 6.07) is 11.6. The summed E-state index contributed by atoms with van der Waals surface area (Å²) in [6.45, 7) is 4.71. The van der Waals surface area contributed by atoms with Crippen LogP contribution >= 0.6 is 23.2 Å². The summed E-state index contributed by atoms with van der Waals surface area (Å²) in [4.78, 5) is 28.2. The van der Waals surface area contributed by atoms with E-state index in [9.17, 15) is 4.79 Å². The van der Waals surface area contributed by atoms with Gasteiger partial charge in [0.1, 0.15) is 11.4 Å². The molecule has 0 unspecified atom stereocenters. The largest absolute Gasteiger partial charge is 0.341 e. The number of nitrogens with zero attached hydrogens (tertiary/aromatic N) is 5. The van der Waals surface area contributed by atoms with Gasteiger partial charge in [0.15, 0.2) is 0 Å². The number of nitrogens with one attached hydrogen (secondary N) is 1. The smallest absolute Gasteiger partial charge is 0.265 e. The van der Waals surface area contributed by atoms with E-state index in [0.29, 0.717) is 39.0 Å². The molecule has 9 heteroatoms. The Labute approximate surface area is 215 Å². The number of hydrogen-bond acceptors (Lipinski definition) is 6. The van der Waals surface area contributed by atoms with E-state index < -0.39 is 0 Å². The monoisotopic (exact) mass is 510 g/mol. The lowest BCUT2D eigenvalue weighted by Crippen LogP contribution is -2.46. The summed E-state index contributed by atoms with van der Waals surface area (Å²) in [6.07, 6.45) is 3.93. The highest BCUT2D eigenvalue weighted by molar-refractivity contribution is 6.40. The molecule has 0 spiro atoms. The molecule has 0 bridgehead atoms. The summed E-state index contributed by atoms with van der Waals surface area (Å²) < 4.78 is 0. The summed E-state index contributed by atoms with van der Waals surface area (Å²) in [7, 11) is 4.06. The Morgan fingerprint density at radius 2 is 1.77 bits per heavy atom. The number of piperidine rings is 1. The van der Waals surface area contributed by atoms with Crippen LogP contribution in [0.3, 0.4) is 0 Å². The van der Waals surface area contributed by atoms with E-state index in [1.807, 2.05) is 11.9 Å². The van der Waals surface area contributed by atoms with Crippen molar-refractivity contribution in [1.29, 1.82) is 0 Å². The molecule has 1 fully saturated rings. The first-order valence-electron chi connectivity index (χ1n) is 11.7. The van der Waals surface area contributed by atoms with Gasteiger partial charge < -0.3 is 15.1 Å². The second-order valence-electron chi connectivity index (χ2n) is 9.35. The van der Waals surface area contributed by atoms with Crippen molar-refractivity contribution in [2.75, 3.05) is 49.0 Å². The number of amides is 1. The van der Waals surface area contributed by atoms with Crippen molar-refractivity contribution in [3.8, 4) is 0 Å². The Kier molecular flexibility index (Phi) is 6.57. The number of halogens is 2. The van der Waals surface area contributed by atoms with E-state index in [0.717, 1.165) is 18.8 Å². The molecule has 0 saturated carbocycles. The van der Waals surface area contributed by atoms with Crippen LogP contribution in [0.1, 0.15) is 40.2 Å². The van der Waals surface area contributed by atoms with Gasteiger partial charge in [-0.2, -0.15) is 4.98 Å². The minimum Gasteiger partial charge on any atom is -0.341 e. The number of carbonyl (C=O) groups excluding carboxylic acids is 1. The van der Waals surface area contributed by atoms with Crippen molar-refractivity contribution in [2.45, 2.75) is 25.7 Å². The third kappa shape index (κ3) is 4.68. The lowest BCUT2D eigenvalue weighted by Gasteiger charge is -2.35. The molecule has 3 heterocycles. The van der Waals surface area contributed by atoms with E-state index >= 15 is 0 Å². The molecule has 7 nitrogen and oxygen atoms in total. The average Bonchev–Trinajstić information content (AvgIpc) is 2.83. The highest BCUT2D eigenvalue weighted by Gasteiger charge is 2.32. The molecular formula is C26H28Cl2N6O. The molecule has 2 aromatic carbocycles. The Morgan fingerprint density at radius 1 is 1.06 bits per heavy atom. The van der Waals surface area contributed by atoms with Crippen molar-refractivity contribution >= 4 is 52.3 Å². The minimum absolute atomic E-state index is 0.238. The zero-order valence-corrected chi connectivity index (χ0v) is 21.6. The van der Waals surface area contributed by atoms with Crippen LogP contribution in [0.25, 0.3) is 0 Å². The molecule has 3 aromatic rings. The number of rotatable bonds is 4. The molecular weight excluding hydrogens is 483 g/mol. The number of carbonyl (C=O) groups is 1. The molecule has 182 valence electrons. The summed E-state index contributed by atoms with van der Waals surface area (Å²) in [5.74, 6) is 1.37. The highest BCUT2D eigenvalue weighted by atomic mass is 35.5. The number of anilines is 4. The molecule has 35 heavy (non-hydrogen) atoms. The maximum absolute atomic E-state index is 13.3. The summed E-state index contributed by atoms with van der Waals surface area (Å²) in [5, 5.41) is 4.14. The van der Waals surface area contributed by atoms with Gasteiger partial charge in [-0.25, -0.2) is 4.98 Å². The molecule has 1 N–H and O–H groups in total. The van der Waals surface area contributed by atoms with Crippen molar-refractivity contribution in [3.05, 3.63) is 69.3 Å². The van der Waals surface area contributed by atoms with Crippen LogP contribution in [0.5, 0.6) is 0 Å². The maximum atomic E-state index is 13.3. The van der Waals surface area contributed by atoms with Crippen LogP contribution < -0.4 is 15.1 Å². The summed E-state index contributed by atoms with van der Waals surface area (Å²) >= 11 is 12.7. The topological polar surface area (TPSA) is 64.6 Å². The first-order valence-corrected chi connectivity index (χ1v) is 12.5. The van der Waals surface area contributed by atoms with Crippen LogP contribution in [0.4, 0.5) is 23.1 Å². The second kappa shape index (κ2) is 9.64. The molecule has 2 aliphatic heterocycles. The van der Waals surface area contributed by atoms with Gasteiger partial charge in [-0.05, 0) is 81.2 Å². The lowest BCUT2D eigenvalue weighted by atomic mass is 9.87. The lowest BCUT2D eigenvalue weighted by molar-refractivity contribution is 0.0982. The van der Waals surface area contributed by atoms with E-state index in [1.54, 1.807) is 29.3 Å². The van der Waals surface area contributed by atoms with Crippen molar-refractivity contribution in [1.82, 2.24) is 14.9 Å². The van der Waals surface area contributed by atoms with Gasteiger partial charge in [0.25, 0.3) is 5.91 Å². The normalized spacial score (nSPS) is 17.0. The fourth-order valence-corrected chi connectivity index (χ4v) is 5.54. The molecule has 2 aliphatic rings. The molecule has 5 rings (SSSR count). The predicted molar refractivity (Wildman–Crippen MR) is 143 cm³/mol. The van der Waals surface area contributed by atoms with Gasteiger partial charge in [0.2, 0.25) is 5.95 Å². The zero-order valence-electron chi connectivity index (χ0n) is 20.1. The minimum atomic E-state index is -0.238. The fourth-order valence-electron chi connectivity index (χ4n) is 4.94. The molecule has 1 amide bonds. The van der Waals surface area contributed by atoms with Gasteiger partial charge in [0, 0.05) is 18.9 Å². The van der Waals surface area contributed by atoms with Crippen LogP contribution in [0.2, 0.25) is 10.0 Å². The third-order valence-electron chi connectivity index (χ3n) is 6.85. The van der Waals surface area contributed by atoms with Crippen LogP contribution in [-0.4, -0.2) is 54.6 Å². The van der Waals surface area contributed by atoms with Crippen molar-refractivity contribution < 1.29 is 4.79 Å². The highest BCUT2D eigenvalue weighted by Crippen LogP contribution is 2.38. The zero-order chi connectivity index (χ0) is 24.7. The number of aryl methyl sites for hydroxylation is 1. The number of benzene rings is 2. The second-order valence-corrected chi connectivity index (χ2v) is 10.2. The quantitative estimate of drug-likeness (QED) is 0.485. The van der Waals surface area contributed by atoms with E-state index in [4.69, 9.17) is 23.2 Å². The Balaban J connectivity index is 1.36.